The van der Waals surface area contributed by atoms with Crippen LogP contribution < -0.4 is 5.32 Å². The summed E-state index contributed by atoms with van der Waals surface area (Å²) in [5.41, 5.74) is 2.46. The molecule has 0 radical (unpaired) electrons. The number of hydrogen-bond acceptors (Lipinski definition) is 2. The Bertz CT molecular complexity index is 392. The largest absolute Gasteiger partial charge is 0.415 e. The smallest absolute Gasteiger partial charge is 0.382 e. The van der Waals surface area contributed by atoms with Crippen LogP contribution in [0, 0.1) is 0 Å². The quantitative estimate of drug-likeness (QED) is 0.848. The summed E-state index contributed by atoms with van der Waals surface area (Å²) >= 11 is 0. The average molecular weight is 245 g/mol. The summed E-state index contributed by atoms with van der Waals surface area (Å²) in [7, 11) is 0. The summed E-state index contributed by atoms with van der Waals surface area (Å²) in [6, 6.07) is 7.90. The van der Waals surface area contributed by atoms with Crippen molar-refractivity contribution in [3.05, 3.63) is 35.4 Å². The molecule has 0 bridgehead atoms. The third-order valence-electron chi connectivity index (χ3n) is 3.07. The number of aliphatic hydroxyl groups excluding tert-OH is 1. The van der Waals surface area contributed by atoms with Gasteiger partial charge in [-0.15, -0.1) is 0 Å². The van der Waals surface area contributed by atoms with Crippen LogP contribution in [0.5, 0.6) is 0 Å². The summed E-state index contributed by atoms with van der Waals surface area (Å²) in [5.74, 6) is 0.270. The van der Waals surface area contributed by atoms with Gasteiger partial charge in [-0.2, -0.15) is 13.2 Å². The Balaban J connectivity index is 1.75. The van der Waals surface area contributed by atoms with E-state index in [9.17, 15) is 13.2 Å². The van der Waals surface area contributed by atoms with Gasteiger partial charge in [0.25, 0.3) is 0 Å². The molecule has 1 aliphatic carbocycles. The third kappa shape index (κ3) is 2.79. The van der Waals surface area contributed by atoms with E-state index in [-0.39, 0.29) is 5.92 Å². The second kappa shape index (κ2) is 4.66. The van der Waals surface area contributed by atoms with Crippen LogP contribution in [-0.4, -0.2) is 30.5 Å². The molecule has 94 valence electrons. The van der Waals surface area contributed by atoms with Crippen LogP contribution in [0.25, 0.3) is 0 Å². The van der Waals surface area contributed by atoms with Gasteiger partial charge in [0.2, 0.25) is 0 Å². The highest BCUT2D eigenvalue weighted by Gasteiger charge is 2.38. The molecule has 2 atom stereocenters. The summed E-state index contributed by atoms with van der Waals surface area (Å²) in [6.45, 7) is 0.0340. The van der Waals surface area contributed by atoms with Gasteiger partial charge >= 0.3 is 6.18 Å². The van der Waals surface area contributed by atoms with Crippen molar-refractivity contribution in [2.24, 2.45) is 0 Å². The van der Waals surface area contributed by atoms with Crippen molar-refractivity contribution in [3.8, 4) is 0 Å². The van der Waals surface area contributed by atoms with Crippen molar-refractivity contribution in [2.45, 2.75) is 24.6 Å². The van der Waals surface area contributed by atoms with Crippen LogP contribution in [0.15, 0.2) is 24.3 Å². The van der Waals surface area contributed by atoms with Crippen molar-refractivity contribution in [1.29, 1.82) is 0 Å². The maximum Gasteiger partial charge on any atom is 0.415 e. The molecule has 0 aliphatic heterocycles. The molecule has 0 heterocycles. The molecule has 1 aromatic carbocycles. The minimum absolute atomic E-state index is 0.270. The SMILES string of the molecule is OC(CNCC1Cc2ccccc21)C(F)(F)F. The molecule has 0 fully saturated rings. The summed E-state index contributed by atoms with van der Waals surface area (Å²) in [4.78, 5) is 0. The standard InChI is InChI=1S/C12H14F3NO/c13-12(14,15)11(17)7-16-6-9-5-8-3-1-2-4-10(8)9/h1-4,9,11,16-17H,5-7H2. The molecule has 1 aliphatic rings. The molecule has 0 aromatic heterocycles. The van der Waals surface area contributed by atoms with Crippen molar-refractivity contribution >= 4 is 0 Å². The number of rotatable bonds is 4. The maximum absolute atomic E-state index is 12.0. The van der Waals surface area contributed by atoms with E-state index in [1.165, 1.54) is 11.1 Å². The molecule has 17 heavy (non-hydrogen) atoms. The van der Waals surface area contributed by atoms with E-state index in [4.69, 9.17) is 5.11 Å². The number of nitrogens with one attached hydrogen (secondary N) is 1. The van der Waals surface area contributed by atoms with Crippen molar-refractivity contribution in [2.75, 3.05) is 13.1 Å². The molecule has 0 saturated carbocycles. The maximum atomic E-state index is 12.0. The van der Waals surface area contributed by atoms with E-state index in [2.05, 4.69) is 5.32 Å². The molecule has 2 N–H and O–H groups in total. The van der Waals surface area contributed by atoms with Crippen LogP contribution >= 0.6 is 0 Å². The van der Waals surface area contributed by atoms with Crippen LogP contribution in [0.2, 0.25) is 0 Å². The Labute approximate surface area is 97.5 Å². The Hall–Kier alpha value is -1.07. The highest BCUT2D eigenvalue weighted by molar-refractivity contribution is 5.40. The van der Waals surface area contributed by atoms with Gasteiger partial charge < -0.3 is 10.4 Å². The molecule has 2 unspecified atom stereocenters. The number of aliphatic hydroxyl groups is 1. The first kappa shape index (κ1) is 12.4. The fraction of sp³-hybridized carbons (Fsp3) is 0.500. The second-order valence-electron chi connectivity index (χ2n) is 4.32. The van der Waals surface area contributed by atoms with Crippen LogP contribution in [0.1, 0.15) is 17.0 Å². The van der Waals surface area contributed by atoms with Gasteiger partial charge in [-0.3, -0.25) is 0 Å². The van der Waals surface area contributed by atoms with Crippen molar-refractivity contribution in [3.63, 3.8) is 0 Å². The summed E-state index contributed by atoms with van der Waals surface area (Å²) in [5, 5.41) is 11.5. The van der Waals surface area contributed by atoms with E-state index in [0.717, 1.165) is 6.42 Å². The van der Waals surface area contributed by atoms with Gasteiger partial charge in [0, 0.05) is 19.0 Å². The number of alkyl halides is 3. The fourth-order valence-electron chi connectivity index (χ4n) is 2.05. The van der Waals surface area contributed by atoms with Gasteiger partial charge in [-0.05, 0) is 17.5 Å². The minimum atomic E-state index is -4.54. The highest BCUT2D eigenvalue weighted by Crippen LogP contribution is 2.34. The minimum Gasteiger partial charge on any atom is -0.382 e. The summed E-state index contributed by atoms with van der Waals surface area (Å²) in [6.07, 6.45) is -5.92. The van der Waals surface area contributed by atoms with E-state index in [0.29, 0.717) is 6.54 Å². The molecule has 0 spiro atoms. The highest BCUT2D eigenvalue weighted by atomic mass is 19.4. The second-order valence-corrected chi connectivity index (χ2v) is 4.32. The summed E-state index contributed by atoms with van der Waals surface area (Å²) < 4.78 is 36.1. The van der Waals surface area contributed by atoms with Gasteiger partial charge in [0.15, 0.2) is 6.10 Å². The Kier molecular flexibility index (Phi) is 3.40. The van der Waals surface area contributed by atoms with Crippen LogP contribution in [0.3, 0.4) is 0 Å². The topological polar surface area (TPSA) is 32.3 Å². The fourth-order valence-corrected chi connectivity index (χ4v) is 2.05. The molecule has 0 saturated heterocycles. The van der Waals surface area contributed by atoms with Gasteiger partial charge in [-0.25, -0.2) is 0 Å². The number of benzene rings is 1. The Morgan fingerprint density at radius 1 is 1.35 bits per heavy atom. The van der Waals surface area contributed by atoms with Crippen molar-refractivity contribution in [1.82, 2.24) is 5.32 Å². The normalized spacial score (nSPS) is 20.6. The molecular formula is C12H14F3NO. The van der Waals surface area contributed by atoms with E-state index in [1.807, 2.05) is 24.3 Å². The predicted octanol–water partition coefficient (Wildman–Crippen LogP) is 1.84. The molecule has 1 aromatic rings. The zero-order valence-corrected chi connectivity index (χ0v) is 9.17. The van der Waals surface area contributed by atoms with Crippen molar-refractivity contribution < 1.29 is 18.3 Å². The number of halogens is 3. The first-order chi connectivity index (χ1) is 7.98. The van der Waals surface area contributed by atoms with Gasteiger partial charge in [0.05, 0.1) is 0 Å². The first-order valence-electron chi connectivity index (χ1n) is 5.52. The third-order valence-corrected chi connectivity index (χ3v) is 3.07. The lowest BCUT2D eigenvalue weighted by Gasteiger charge is -2.30. The first-order valence-corrected chi connectivity index (χ1v) is 5.52. The number of hydrogen-bond donors (Lipinski definition) is 2. The average Bonchev–Trinajstić information content (AvgIpc) is 2.23. The van der Waals surface area contributed by atoms with Gasteiger partial charge in [-0.1, -0.05) is 24.3 Å². The lowest BCUT2D eigenvalue weighted by molar-refractivity contribution is -0.201. The van der Waals surface area contributed by atoms with Crippen LogP contribution in [0.4, 0.5) is 13.2 Å². The molecule has 2 nitrogen and oxygen atoms in total. The molecule has 0 amide bonds. The van der Waals surface area contributed by atoms with E-state index in [1.54, 1.807) is 0 Å². The Morgan fingerprint density at radius 2 is 2.06 bits per heavy atom. The molecular weight excluding hydrogens is 231 g/mol. The molecule has 2 rings (SSSR count). The number of fused-ring (bicyclic) bond motifs is 1. The Morgan fingerprint density at radius 3 is 2.71 bits per heavy atom. The predicted molar refractivity (Wildman–Crippen MR) is 57.8 cm³/mol. The van der Waals surface area contributed by atoms with E-state index >= 15 is 0 Å². The van der Waals surface area contributed by atoms with Gasteiger partial charge in [0.1, 0.15) is 0 Å². The lowest BCUT2D eigenvalue weighted by Crippen LogP contribution is -2.40. The lowest BCUT2D eigenvalue weighted by atomic mass is 9.77. The van der Waals surface area contributed by atoms with E-state index < -0.39 is 18.8 Å². The zero-order valence-electron chi connectivity index (χ0n) is 9.17. The monoisotopic (exact) mass is 245 g/mol. The van der Waals surface area contributed by atoms with Crippen LogP contribution in [-0.2, 0) is 6.42 Å². The molecule has 5 heteroatoms. The zero-order chi connectivity index (χ0) is 12.5.